The van der Waals surface area contributed by atoms with Crippen molar-refractivity contribution < 1.29 is 0 Å². The first-order valence-electron chi connectivity index (χ1n) is 6.86. The van der Waals surface area contributed by atoms with Gasteiger partial charge in [0, 0.05) is 11.1 Å². The van der Waals surface area contributed by atoms with E-state index in [0.717, 1.165) is 28.3 Å². The Bertz CT molecular complexity index is 561. The van der Waals surface area contributed by atoms with Crippen molar-refractivity contribution in [2.45, 2.75) is 51.5 Å². The monoisotopic (exact) mass is 298 g/mol. The third-order valence-electron chi connectivity index (χ3n) is 3.45. The zero-order chi connectivity index (χ0) is 14.0. The molecule has 2 atom stereocenters. The van der Waals surface area contributed by atoms with Crippen LogP contribution in [0.5, 0.6) is 0 Å². The normalized spacial score (nSPS) is 14.8. The fraction of sp³-hybridized carbons (Fsp3) is 0.533. The topological polar surface area (TPSA) is 17.8 Å². The van der Waals surface area contributed by atoms with Gasteiger partial charge in [-0.3, -0.25) is 0 Å². The summed E-state index contributed by atoms with van der Waals surface area (Å²) in [4.78, 5) is 4.65. The molecule has 104 valence electrons. The molecular formula is C15H20Cl2N2. The summed E-state index contributed by atoms with van der Waals surface area (Å²) in [6, 6.07) is 6.21. The molecule has 2 aromatic rings. The van der Waals surface area contributed by atoms with Crippen LogP contribution in [-0.4, -0.2) is 9.55 Å². The van der Waals surface area contributed by atoms with Crippen molar-refractivity contribution in [2.24, 2.45) is 0 Å². The van der Waals surface area contributed by atoms with Crippen LogP contribution in [0.1, 0.15) is 57.3 Å². The number of benzene rings is 1. The van der Waals surface area contributed by atoms with Gasteiger partial charge in [-0.05, 0) is 38.5 Å². The van der Waals surface area contributed by atoms with Gasteiger partial charge in [0.25, 0.3) is 0 Å². The van der Waals surface area contributed by atoms with Crippen LogP contribution in [0.2, 0.25) is 5.02 Å². The van der Waals surface area contributed by atoms with Crippen LogP contribution in [0, 0.1) is 0 Å². The quantitative estimate of drug-likeness (QED) is 0.644. The molecule has 0 radical (unpaired) electrons. The van der Waals surface area contributed by atoms with E-state index in [2.05, 4.69) is 23.4 Å². The lowest BCUT2D eigenvalue weighted by molar-refractivity contribution is 0.480. The Morgan fingerprint density at radius 3 is 2.68 bits per heavy atom. The first-order chi connectivity index (χ1) is 9.04. The molecule has 1 heterocycles. The summed E-state index contributed by atoms with van der Waals surface area (Å²) in [6.45, 7) is 6.40. The van der Waals surface area contributed by atoms with Gasteiger partial charge in [-0.15, -0.1) is 11.6 Å². The Morgan fingerprint density at radius 2 is 2.05 bits per heavy atom. The van der Waals surface area contributed by atoms with E-state index >= 15 is 0 Å². The van der Waals surface area contributed by atoms with E-state index in [1.807, 2.05) is 25.1 Å². The molecule has 0 aliphatic rings. The number of rotatable bonds is 5. The number of nitrogens with zero attached hydrogens (tertiary/aromatic N) is 2. The molecule has 0 bridgehead atoms. The number of hydrogen-bond donors (Lipinski definition) is 0. The van der Waals surface area contributed by atoms with Gasteiger partial charge in [0.1, 0.15) is 5.82 Å². The van der Waals surface area contributed by atoms with Crippen molar-refractivity contribution in [1.82, 2.24) is 9.55 Å². The minimum absolute atomic E-state index is 0.102. The van der Waals surface area contributed by atoms with E-state index in [1.165, 1.54) is 12.8 Å². The number of halogens is 2. The molecule has 2 rings (SSSR count). The Labute approximate surface area is 124 Å². The lowest BCUT2D eigenvalue weighted by Gasteiger charge is -2.18. The SMILES string of the molecule is CCCCC(C)n1c(C(C)Cl)nc2ccc(Cl)cc21. The third kappa shape index (κ3) is 3.06. The second-order valence-electron chi connectivity index (χ2n) is 5.08. The molecule has 0 fully saturated rings. The van der Waals surface area contributed by atoms with E-state index in [1.54, 1.807) is 0 Å². The van der Waals surface area contributed by atoms with Crippen molar-refractivity contribution in [2.75, 3.05) is 0 Å². The van der Waals surface area contributed by atoms with Gasteiger partial charge in [-0.1, -0.05) is 31.4 Å². The molecule has 0 amide bonds. The van der Waals surface area contributed by atoms with Crippen molar-refractivity contribution >= 4 is 34.2 Å². The smallest absolute Gasteiger partial charge is 0.127 e. The second-order valence-corrected chi connectivity index (χ2v) is 6.17. The predicted octanol–water partition coefficient (Wildman–Crippen LogP) is 5.74. The summed E-state index contributed by atoms with van der Waals surface area (Å²) in [7, 11) is 0. The van der Waals surface area contributed by atoms with Crippen LogP contribution < -0.4 is 0 Å². The molecule has 0 spiro atoms. The van der Waals surface area contributed by atoms with Gasteiger partial charge in [-0.2, -0.15) is 0 Å². The summed E-state index contributed by atoms with van der Waals surface area (Å²) in [5.41, 5.74) is 2.05. The Morgan fingerprint density at radius 1 is 1.32 bits per heavy atom. The molecule has 0 saturated heterocycles. The maximum absolute atomic E-state index is 6.28. The maximum Gasteiger partial charge on any atom is 0.127 e. The second kappa shape index (κ2) is 6.15. The zero-order valence-corrected chi connectivity index (χ0v) is 13.2. The van der Waals surface area contributed by atoms with Gasteiger partial charge in [0.15, 0.2) is 0 Å². The van der Waals surface area contributed by atoms with Gasteiger partial charge in [0.05, 0.1) is 16.4 Å². The molecule has 2 nitrogen and oxygen atoms in total. The number of aromatic nitrogens is 2. The minimum Gasteiger partial charge on any atom is -0.324 e. The molecular weight excluding hydrogens is 279 g/mol. The number of hydrogen-bond acceptors (Lipinski definition) is 1. The van der Waals surface area contributed by atoms with Crippen LogP contribution in [0.3, 0.4) is 0 Å². The molecule has 4 heteroatoms. The van der Waals surface area contributed by atoms with Gasteiger partial charge in [0.2, 0.25) is 0 Å². The van der Waals surface area contributed by atoms with E-state index in [9.17, 15) is 0 Å². The van der Waals surface area contributed by atoms with E-state index < -0.39 is 0 Å². The average Bonchev–Trinajstić information content (AvgIpc) is 2.74. The minimum atomic E-state index is -0.102. The lowest BCUT2D eigenvalue weighted by atomic mass is 10.1. The molecule has 0 aliphatic carbocycles. The van der Waals surface area contributed by atoms with Gasteiger partial charge < -0.3 is 4.57 Å². The highest BCUT2D eigenvalue weighted by atomic mass is 35.5. The highest BCUT2D eigenvalue weighted by molar-refractivity contribution is 6.31. The molecule has 0 N–H and O–H groups in total. The van der Waals surface area contributed by atoms with E-state index in [0.29, 0.717) is 6.04 Å². The van der Waals surface area contributed by atoms with Crippen LogP contribution in [0.25, 0.3) is 11.0 Å². The molecule has 1 aromatic heterocycles. The van der Waals surface area contributed by atoms with Crippen LogP contribution >= 0.6 is 23.2 Å². The summed E-state index contributed by atoms with van der Waals surface area (Å²) >= 11 is 12.4. The number of imidazole rings is 1. The van der Waals surface area contributed by atoms with Gasteiger partial charge >= 0.3 is 0 Å². The van der Waals surface area contributed by atoms with Gasteiger partial charge in [-0.25, -0.2) is 4.98 Å². The van der Waals surface area contributed by atoms with Crippen LogP contribution in [0.15, 0.2) is 18.2 Å². The largest absolute Gasteiger partial charge is 0.324 e. The Balaban J connectivity index is 2.53. The first kappa shape index (κ1) is 14.7. The Kier molecular flexibility index (Phi) is 4.75. The predicted molar refractivity (Wildman–Crippen MR) is 83.2 cm³/mol. The maximum atomic E-state index is 6.28. The van der Waals surface area contributed by atoms with Crippen molar-refractivity contribution in [3.05, 3.63) is 29.0 Å². The number of fused-ring (bicyclic) bond motifs is 1. The van der Waals surface area contributed by atoms with Crippen molar-refractivity contribution in [3.63, 3.8) is 0 Å². The first-order valence-corrected chi connectivity index (χ1v) is 7.67. The summed E-state index contributed by atoms with van der Waals surface area (Å²) in [6.07, 6.45) is 3.53. The average molecular weight is 299 g/mol. The van der Waals surface area contributed by atoms with Crippen molar-refractivity contribution in [1.29, 1.82) is 0 Å². The highest BCUT2D eigenvalue weighted by Gasteiger charge is 2.18. The number of alkyl halides is 1. The zero-order valence-electron chi connectivity index (χ0n) is 11.7. The van der Waals surface area contributed by atoms with E-state index in [-0.39, 0.29) is 5.38 Å². The van der Waals surface area contributed by atoms with E-state index in [4.69, 9.17) is 23.2 Å². The fourth-order valence-electron chi connectivity index (χ4n) is 2.46. The fourth-order valence-corrected chi connectivity index (χ4v) is 2.78. The number of unbranched alkanes of at least 4 members (excludes halogenated alkanes) is 1. The van der Waals surface area contributed by atoms with Crippen LogP contribution in [0.4, 0.5) is 0 Å². The highest BCUT2D eigenvalue weighted by Crippen LogP contribution is 2.31. The molecule has 1 aromatic carbocycles. The Hall–Kier alpha value is -0.730. The molecule has 2 unspecified atom stereocenters. The van der Waals surface area contributed by atoms with Crippen LogP contribution in [-0.2, 0) is 0 Å². The lowest BCUT2D eigenvalue weighted by Crippen LogP contribution is -2.10. The summed E-state index contributed by atoms with van der Waals surface area (Å²) in [5, 5.41) is 0.639. The third-order valence-corrected chi connectivity index (χ3v) is 3.88. The molecule has 19 heavy (non-hydrogen) atoms. The summed E-state index contributed by atoms with van der Waals surface area (Å²) < 4.78 is 2.24. The molecule has 0 saturated carbocycles. The standard InChI is InChI=1S/C15H20Cl2N2/c1-4-5-6-10(2)19-14-9-12(17)7-8-13(14)18-15(19)11(3)16/h7-11H,4-6H2,1-3H3. The summed E-state index contributed by atoms with van der Waals surface area (Å²) in [5.74, 6) is 0.933. The van der Waals surface area contributed by atoms with Crippen molar-refractivity contribution in [3.8, 4) is 0 Å². The molecule has 0 aliphatic heterocycles.